The van der Waals surface area contributed by atoms with Crippen molar-refractivity contribution in [3.8, 4) is 0 Å². The molecule has 1 amide bonds. The van der Waals surface area contributed by atoms with E-state index in [1.54, 1.807) is 12.1 Å². The van der Waals surface area contributed by atoms with E-state index in [1.807, 2.05) is 22.8 Å². The molecule has 0 saturated heterocycles. The Labute approximate surface area is 185 Å². The Kier molecular flexibility index (Phi) is 7.41. The van der Waals surface area contributed by atoms with E-state index in [0.717, 1.165) is 30.5 Å². The second kappa shape index (κ2) is 9.82. The summed E-state index contributed by atoms with van der Waals surface area (Å²) < 4.78 is 25.3. The number of aryl methyl sites for hydroxylation is 1. The van der Waals surface area contributed by atoms with Crippen molar-refractivity contribution in [2.24, 2.45) is 5.14 Å². The van der Waals surface area contributed by atoms with Crippen molar-refractivity contribution in [3.63, 3.8) is 0 Å². The van der Waals surface area contributed by atoms with E-state index in [2.05, 4.69) is 17.2 Å². The van der Waals surface area contributed by atoms with Crippen LogP contribution in [0.25, 0.3) is 11.0 Å². The molecule has 0 aliphatic rings. The van der Waals surface area contributed by atoms with Crippen molar-refractivity contribution < 1.29 is 13.2 Å². The van der Waals surface area contributed by atoms with Crippen molar-refractivity contribution >= 4 is 50.3 Å². The number of benzene rings is 2. The smallest absolute Gasteiger partial charge is 0.238 e. The van der Waals surface area contributed by atoms with Crippen molar-refractivity contribution in [1.29, 1.82) is 0 Å². The molecule has 0 saturated carbocycles. The SMILES string of the molecule is CCCCn1c(SCC(=O)NCc2ccccc2Cl)nc2cc(S(N)(=O)=O)ccc21. The van der Waals surface area contributed by atoms with Gasteiger partial charge in [0.1, 0.15) is 0 Å². The number of amides is 1. The number of nitrogens with zero attached hydrogens (tertiary/aromatic N) is 2. The number of carbonyl (C=O) groups is 1. The first-order valence-corrected chi connectivity index (χ1v) is 12.4. The fourth-order valence-electron chi connectivity index (χ4n) is 2.92. The largest absolute Gasteiger partial charge is 0.351 e. The maximum absolute atomic E-state index is 12.3. The van der Waals surface area contributed by atoms with Gasteiger partial charge in [-0.25, -0.2) is 18.5 Å². The summed E-state index contributed by atoms with van der Waals surface area (Å²) in [6, 6.07) is 12.0. The Bertz CT molecular complexity index is 1160. The number of hydrogen-bond donors (Lipinski definition) is 2. The first-order chi connectivity index (χ1) is 14.3. The summed E-state index contributed by atoms with van der Waals surface area (Å²) in [5.41, 5.74) is 2.20. The molecule has 3 aromatic rings. The van der Waals surface area contributed by atoms with Crippen LogP contribution < -0.4 is 10.5 Å². The molecular formula is C20H23ClN4O3S2. The Balaban J connectivity index is 1.75. The molecule has 7 nitrogen and oxygen atoms in total. The highest BCUT2D eigenvalue weighted by molar-refractivity contribution is 7.99. The Morgan fingerprint density at radius 2 is 2.03 bits per heavy atom. The van der Waals surface area contributed by atoms with Crippen LogP contribution in [0.1, 0.15) is 25.3 Å². The highest BCUT2D eigenvalue weighted by Gasteiger charge is 2.16. The molecule has 0 bridgehead atoms. The first kappa shape index (κ1) is 22.6. The van der Waals surface area contributed by atoms with E-state index in [0.29, 0.717) is 22.2 Å². The average molecular weight is 467 g/mol. The van der Waals surface area contributed by atoms with Crippen molar-refractivity contribution in [3.05, 3.63) is 53.1 Å². The topological polar surface area (TPSA) is 107 Å². The third kappa shape index (κ3) is 5.54. The molecule has 0 aliphatic carbocycles. The number of hydrogen-bond acceptors (Lipinski definition) is 5. The highest BCUT2D eigenvalue weighted by atomic mass is 35.5. The minimum atomic E-state index is -3.81. The number of unbranched alkanes of at least 4 members (excludes halogenated alkanes) is 1. The second-order valence-electron chi connectivity index (χ2n) is 6.75. The van der Waals surface area contributed by atoms with Crippen LogP contribution in [0, 0.1) is 0 Å². The van der Waals surface area contributed by atoms with E-state index in [9.17, 15) is 13.2 Å². The fraction of sp³-hybridized carbons (Fsp3) is 0.300. The molecule has 0 atom stereocenters. The molecule has 3 N–H and O–H groups in total. The normalized spacial score (nSPS) is 11.7. The van der Waals surface area contributed by atoms with Gasteiger partial charge in [0.15, 0.2) is 5.16 Å². The predicted molar refractivity (Wildman–Crippen MR) is 120 cm³/mol. The standard InChI is InChI=1S/C20H23ClN4O3S2/c1-2-3-10-25-18-9-8-15(30(22,27)28)11-17(18)24-20(25)29-13-19(26)23-12-14-6-4-5-7-16(14)21/h4-9,11H,2-3,10,12-13H2,1H3,(H,23,26)(H2,22,27,28). The van der Waals surface area contributed by atoms with Crippen LogP contribution in [-0.4, -0.2) is 29.6 Å². The Morgan fingerprint density at radius 3 is 2.73 bits per heavy atom. The van der Waals surface area contributed by atoms with Crippen LogP contribution in [0.5, 0.6) is 0 Å². The minimum absolute atomic E-state index is 0.0178. The lowest BCUT2D eigenvalue weighted by Crippen LogP contribution is -2.24. The van der Waals surface area contributed by atoms with Crippen LogP contribution in [0.3, 0.4) is 0 Å². The zero-order chi connectivity index (χ0) is 21.7. The number of halogens is 1. The third-order valence-electron chi connectivity index (χ3n) is 4.51. The molecule has 3 rings (SSSR count). The van der Waals surface area contributed by atoms with E-state index in [1.165, 1.54) is 23.9 Å². The molecule has 1 heterocycles. The van der Waals surface area contributed by atoms with Gasteiger partial charge in [-0.2, -0.15) is 0 Å². The summed E-state index contributed by atoms with van der Waals surface area (Å²) in [6.45, 7) is 3.17. The number of imidazole rings is 1. The van der Waals surface area contributed by atoms with Gasteiger partial charge in [0.25, 0.3) is 0 Å². The van der Waals surface area contributed by atoms with Gasteiger partial charge in [-0.1, -0.05) is 54.9 Å². The fourth-order valence-corrected chi connectivity index (χ4v) is 4.53. The molecule has 0 unspecified atom stereocenters. The van der Waals surface area contributed by atoms with Gasteiger partial charge in [0.05, 0.1) is 21.7 Å². The number of rotatable bonds is 9. The van der Waals surface area contributed by atoms with Gasteiger partial charge >= 0.3 is 0 Å². The Hall–Kier alpha value is -2.07. The van der Waals surface area contributed by atoms with Gasteiger partial charge in [0.2, 0.25) is 15.9 Å². The second-order valence-corrected chi connectivity index (χ2v) is 9.66. The summed E-state index contributed by atoms with van der Waals surface area (Å²) in [4.78, 5) is 16.9. The van der Waals surface area contributed by atoms with E-state index in [-0.39, 0.29) is 16.6 Å². The summed E-state index contributed by atoms with van der Waals surface area (Å²) in [5.74, 6) is 0.0429. The molecule has 0 radical (unpaired) electrons. The predicted octanol–water partition coefficient (Wildman–Crippen LogP) is 3.55. The summed E-state index contributed by atoms with van der Waals surface area (Å²) in [7, 11) is -3.81. The lowest BCUT2D eigenvalue weighted by atomic mass is 10.2. The van der Waals surface area contributed by atoms with Gasteiger partial charge < -0.3 is 9.88 Å². The van der Waals surface area contributed by atoms with Gasteiger partial charge in [0, 0.05) is 18.1 Å². The van der Waals surface area contributed by atoms with Crippen LogP contribution in [-0.2, 0) is 27.9 Å². The van der Waals surface area contributed by atoms with E-state index in [4.69, 9.17) is 16.7 Å². The quantitative estimate of drug-likeness (QED) is 0.469. The van der Waals surface area contributed by atoms with Crippen molar-refractivity contribution in [2.75, 3.05) is 5.75 Å². The summed E-state index contributed by atoms with van der Waals surface area (Å²) in [5, 5.41) is 9.37. The van der Waals surface area contributed by atoms with E-state index < -0.39 is 10.0 Å². The molecule has 0 spiro atoms. The minimum Gasteiger partial charge on any atom is -0.351 e. The number of aromatic nitrogens is 2. The zero-order valence-corrected chi connectivity index (χ0v) is 18.9. The number of thioether (sulfide) groups is 1. The molecular weight excluding hydrogens is 444 g/mol. The van der Waals surface area contributed by atoms with Gasteiger partial charge in [-0.15, -0.1) is 0 Å². The van der Waals surface area contributed by atoms with Crippen LogP contribution >= 0.6 is 23.4 Å². The third-order valence-corrected chi connectivity index (χ3v) is 6.77. The maximum atomic E-state index is 12.3. The number of fused-ring (bicyclic) bond motifs is 1. The molecule has 0 fully saturated rings. The monoisotopic (exact) mass is 466 g/mol. The first-order valence-electron chi connectivity index (χ1n) is 9.45. The van der Waals surface area contributed by atoms with Crippen molar-refractivity contribution in [1.82, 2.24) is 14.9 Å². The van der Waals surface area contributed by atoms with Gasteiger partial charge in [-0.3, -0.25) is 4.79 Å². The Morgan fingerprint density at radius 1 is 1.27 bits per heavy atom. The highest BCUT2D eigenvalue weighted by Crippen LogP contribution is 2.26. The molecule has 160 valence electrons. The van der Waals surface area contributed by atoms with Crippen LogP contribution in [0.4, 0.5) is 0 Å². The summed E-state index contributed by atoms with van der Waals surface area (Å²) in [6.07, 6.45) is 1.94. The lowest BCUT2D eigenvalue weighted by molar-refractivity contribution is -0.118. The lowest BCUT2D eigenvalue weighted by Gasteiger charge is -2.09. The maximum Gasteiger partial charge on any atom is 0.238 e. The number of primary sulfonamides is 1. The molecule has 1 aromatic heterocycles. The van der Waals surface area contributed by atoms with Crippen LogP contribution in [0.2, 0.25) is 5.02 Å². The number of carbonyl (C=O) groups excluding carboxylic acids is 1. The molecule has 30 heavy (non-hydrogen) atoms. The number of nitrogens with one attached hydrogen (secondary N) is 1. The van der Waals surface area contributed by atoms with Gasteiger partial charge in [-0.05, 0) is 36.2 Å². The molecule has 2 aromatic carbocycles. The van der Waals surface area contributed by atoms with Crippen LogP contribution in [0.15, 0.2) is 52.5 Å². The number of nitrogens with two attached hydrogens (primary N) is 1. The molecule has 10 heteroatoms. The summed E-state index contributed by atoms with van der Waals surface area (Å²) >= 11 is 7.43. The number of sulfonamides is 1. The zero-order valence-electron chi connectivity index (χ0n) is 16.5. The molecule has 0 aliphatic heterocycles. The average Bonchev–Trinajstić information content (AvgIpc) is 3.06. The van der Waals surface area contributed by atoms with E-state index >= 15 is 0 Å². The van der Waals surface area contributed by atoms with Crippen molar-refractivity contribution in [2.45, 2.75) is 42.9 Å².